The second-order valence-corrected chi connectivity index (χ2v) is 8.96. The van der Waals surface area contributed by atoms with Gasteiger partial charge in [0.15, 0.2) is 33.6 Å². The molecule has 0 aromatic heterocycles. The third kappa shape index (κ3) is 8.07. The molecule has 0 unspecified atom stereocenters. The molecule has 1 fully saturated rings. The van der Waals surface area contributed by atoms with Gasteiger partial charge in [0.25, 0.3) is 0 Å². The molecular formula is C18H26O13S. The van der Waals surface area contributed by atoms with Crippen molar-refractivity contribution < 1.29 is 60.8 Å². The molecule has 13 nitrogen and oxygen atoms in total. The molecule has 0 aliphatic carbocycles. The third-order valence-corrected chi connectivity index (χ3v) is 5.98. The molecule has 1 aliphatic rings. The normalized spacial score (nSPS) is 25.2. The van der Waals surface area contributed by atoms with E-state index in [2.05, 4.69) is 4.74 Å². The quantitative estimate of drug-likeness (QED) is 0.291. The van der Waals surface area contributed by atoms with E-state index in [4.69, 9.17) is 23.7 Å². The summed E-state index contributed by atoms with van der Waals surface area (Å²) in [6.45, 7) is 3.54. The van der Waals surface area contributed by atoms with Crippen molar-refractivity contribution >= 4 is 39.7 Å². The van der Waals surface area contributed by atoms with Crippen LogP contribution in [0, 0.1) is 0 Å². The van der Waals surface area contributed by atoms with Gasteiger partial charge in [-0.05, 0) is 0 Å². The first-order valence-electron chi connectivity index (χ1n) is 9.37. The number of sulfone groups is 1. The van der Waals surface area contributed by atoms with E-state index in [1.165, 1.54) is 0 Å². The molecule has 1 rings (SSSR count). The highest BCUT2D eigenvalue weighted by Gasteiger charge is 2.56. The summed E-state index contributed by atoms with van der Waals surface area (Å²) >= 11 is 0. The molecule has 0 aromatic carbocycles. The molecule has 1 heterocycles. The van der Waals surface area contributed by atoms with Crippen LogP contribution in [0.3, 0.4) is 0 Å². The summed E-state index contributed by atoms with van der Waals surface area (Å²) < 4.78 is 56.2. The summed E-state index contributed by atoms with van der Waals surface area (Å²) in [5.74, 6) is -5.01. The highest BCUT2D eigenvalue weighted by atomic mass is 32.2. The Hall–Kier alpha value is -2.74. The van der Waals surface area contributed by atoms with Crippen LogP contribution in [0.2, 0.25) is 0 Å². The highest BCUT2D eigenvalue weighted by Crippen LogP contribution is 2.32. The largest absolute Gasteiger partial charge is 0.469 e. The lowest BCUT2D eigenvalue weighted by Crippen LogP contribution is -2.64. The molecule has 0 bridgehead atoms. The Balaban J connectivity index is 3.47. The Morgan fingerprint density at radius 1 is 0.781 bits per heavy atom. The molecule has 0 aromatic rings. The van der Waals surface area contributed by atoms with E-state index in [1.807, 2.05) is 0 Å². The number of carbonyl (C=O) groups excluding carboxylic acids is 5. The van der Waals surface area contributed by atoms with Gasteiger partial charge < -0.3 is 28.4 Å². The highest BCUT2D eigenvalue weighted by molar-refractivity contribution is 7.91. The molecule has 0 spiro atoms. The van der Waals surface area contributed by atoms with Gasteiger partial charge in [0.1, 0.15) is 12.7 Å². The number of rotatable bonds is 9. The molecule has 32 heavy (non-hydrogen) atoms. The zero-order chi connectivity index (χ0) is 24.6. The standard InChI is InChI=1S/C18H26O13S/c1-9(19)27-8-13-15(28-10(2)20)16(29-11(3)21)17(30-12(4)22)18(31-13)32(24,25)7-6-14(23)26-5/h13,15-18H,6-8H2,1-5H3/t13-,15+,16+,17-,18+/m1/s1. The fourth-order valence-corrected chi connectivity index (χ4v) is 4.54. The van der Waals surface area contributed by atoms with Gasteiger partial charge in [0.05, 0.1) is 19.3 Å². The number of hydrogen-bond acceptors (Lipinski definition) is 13. The average Bonchev–Trinajstić information content (AvgIpc) is 2.66. The molecule has 182 valence electrons. The summed E-state index contributed by atoms with van der Waals surface area (Å²) in [6.07, 6.45) is -6.79. The van der Waals surface area contributed by atoms with Crippen molar-refractivity contribution in [1.29, 1.82) is 0 Å². The van der Waals surface area contributed by atoms with Gasteiger partial charge in [0.2, 0.25) is 0 Å². The Morgan fingerprint density at radius 3 is 1.75 bits per heavy atom. The zero-order valence-electron chi connectivity index (χ0n) is 18.2. The summed E-state index contributed by atoms with van der Waals surface area (Å²) in [4.78, 5) is 57.7. The van der Waals surface area contributed by atoms with Crippen LogP contribution in [0.5, 0.6) is 0 Å². The Bertz CT molecular complexity index is 834. The molecule has 5 atom stereocenters. The Kier molecular flexibility index (Phi) is 10.0. The first kappa shape index (κ1) is 27.3. The van der Waals surface area contributed by atoms with Gasteiger partial charge in [-0.25, -0.2) is 8.42 Å². The van der Waals surface area contributed by atoms with Gasteiger partial charge in [-0.15, -0.1) is 0 Å². The number of esters is 5. The maximum Gasteiger partial charge on any atom is 0.306 e. The van der Waals surface area contributed by atoms with E-state index in [0.29, 0.717) is 0 Å². The third-order valence-electron chi connectivity index (χ3n) is 4.12. The van der Waals surface area contributed by atoms with E-state index in [1.54, 1.807) is 0 Å². The minimum absolute atomic E-state index is 0.536. The van der Waals surface area contributed by atoms with Gasteiger partial charge in [0, 0.05) is 27.7 Å². The zero-order valence-corrected chi connectivity index (χ0v) is 19.0. The van der Waals surface area contributed by atoms with Gasteiger partial charge in [-0.2, -0.15) is 0 Å². The van der Waals surface area contributed by atoms with Crippen molar-refractivity contribution in [1.82, 2.24) is 0 Å². The van der Waals surface area contributed by atoms with E-state index in [-0.39, 0.29) is 0 Å². The minimum Gasteiger partial charge on any atom is -0.469 e. The van der Waals surface area contributed by atoms with E-state index >= 15 is 0 Å². The number of carbonyl (C=O) groups is 5. The Labute approximate surface area is 184 Å². The van der Waals surface area contributed by atoms with Crippen LogP contribution < -0.4 is 0 Å². The average molecular weight is 482 g/mol. The van der Waals surface area contributed by atoms with E-state index < -0.39 is 88.3 Å². The SMILES string of the molecule is COC(=O)CCS(=O)(=O)[C@@H]1O[C@H](COC(C)=O)[C@H](OC(C)=O)[C@H](OC(C)=O)[C@H]1OC(C)=O. The molecular weight excluding hydrogens is 456 g/mol. The van der Waals surface area contributed by atoms with Crippen LogP contribution in [0.25, 0.3) is 0 Å². The maximum atomic E-state index is 13.0. The van der Waals surface area contributed by atoms with Crippen LogP contribution in [0.15, 0.2) is 0 Å². The summed E-state index contributed by atoms with van der Waals surface area (Å²) in [7, 11) is -3.28. The second kappa shape index (κ2) is 11.8. The predicted molar refractivity (Wildman–Crippen MR) is 102 cm³/mol. The van der Waals surface area contributed by atoms with Crippen LogP contribution in [0.4, 0.5) is 0 Å². The van der Waals surface area contributed by atoms with Gasteiger partial charge in [-0.3, -0.25) is 24.0 Å². The fraction of sp³-hybridized carbons (Fsp3) is 0.722. The van der Waals surface area contributed by atoms with E-state index in [9.17, 15) is 32.4 Å². The summed E-state index contributed by atoms with van der Waals surface area (Å²) in [5.41, 5.74) is -1.94. The lowest BCUT2D eigenvalue weighted by Gasteiger charge is -2.43. The number of hydrogen-bond donors (Lipinski definition) is 0. The fourth-order valence-electron chi connectivity index (χ4n) is 2.92. The molecule has 0 amide bonds. The molecule has 1 aliphatic heterocycles. The molecule has 14 heteroatoms. The van der Waals surface area contributed by atoms with Crippen LogP contribution in [0.1, 0.15) is 34.1 Å². The second-order valence-electron chi connectivity index (χ2n) is 6.76. The lowest BCUT2D eigenvalue weighted by molar-refractivity contribution is -0.238. The maximum absolute atomic E-state index is 13.0. The van der Waals surface area contributed by atoms with Crippen molar-refractivity contribution in [3.05, 3.63) is 0 Å². The molecule has 1 saturated heterocycles. The van der Waals surface area contributed by atoms with E-state index in [0.717, 1.165) is 34.8 Å². The predicted octanol–water partition coefficient (Wildman–Crippen LogP) is -0.953. The van der Waals surface area contributed by atoms with Gasteiger partial charge in [-0.1, -0.05) is 0 Å². The minimum atomic E-state index is -4.35. The Morgan fingerprint density at radius 2 is 1.28 bits per heavy atom. The number of ether oxygens (including phenoxy) is 6. The van der Waals surface area contributed by atoms with Crippen LogP contribution in [-0.4, -0.2) is 87.6 Å². The topological polar surface area (TPSA) is 175 Å². The van der Waals surface area contributed by atoms with Crippen molar-refractivity contribution in [2.75, 3.05) is 19.5 Å². The summed E-state index contributed by atoms with van der Waals surface area (Å²) in [5, 5.41) is 0. The van der Waals surface area contributed by atoms with Crippen molar-refractivity contribution in [3.63, 3.8) is 0 Å². The lowest BCUT2D eigenvalue weighted by atomic mass is 9.99. The van der Waals surface area contributed by atoms with Crippen molar-refractivity contribution in [2.24, 2.45) is 0 Å². The first-order chi connectivity index (χ1) is 14.8. The number of methoxy groups -OCH3 is 1. The van der Waals surface area contributed by atoms with Crippen LogP contribution >= 0.6 is 0 Å². The molecule has 0 N–H and O–H groups in total. The van der Waals surface area contributed by atoms with Crippen molar-refractivity contribution in [3.8, 4) is 0 Å². The van der Waals surface area contributed by atoms with Gasteiger partial charge >= 0.3 is 29.8 Å². The first-order valence-corrected chi connectivity index (χ1v) is 11.1. The molecule has 0 saturated carbocycles. The monoisotopic (exact) mass is 482 g/mol. The molecule has 0 radical (unpaired) electrons. The van der Waals surface area contributed by atoms with Crippen molar-refractivity contribution in [2.45, 2.75) is 64.0 Å². The summed E-state index contributed by atoms with van der Waals surface area (Å²) in [6, 6.07) is 0. The van der Waals surface area contributed by atoms with Crippen LogP contribution in [-0.2, 0) is 62.2 Å². The smallest absolute Gasteiger partial charge is 0.306 e.